The smallest absolute Gasteiger partial charge is 0.226 e. The van der Waals surface area contributed by atoms with Gasteiger partial charge in [0.05, 0.1) is 25.8 Å². The van der Waals surface area contributed by atoms with Crippen molar-refractivity contribution in [3.8, 4) is 5.75 Å². The molecule has 0 unspecified atom stereocenters. The zero-order valence-corrected chi connectivity index (χ0v) is 12.1. The van der Waals surface area contributed by atoms with Gasteiger partial charge in [0.15, 0.2) is 0 Å². The molecule has 0 aliphatic heterocycles. The Morgan fingerprint density at radius 2 is 2.19 bits per heavy atom. The standard InChI is InChI=1S/C16H20N2O3/c1-2-18(12-15-7-4-9-20-15)16(19)8-10-21-14-6-3-5-13(17)11-14/h3-7,9,11H,2,8,10,12,17H2,1H3. The first-order valence-electron chi connectivity index (χ1n) is 6.97. The molecule has 112 valence electrons. The van der Waals surface area contributed by atoms with Gasteiger partial charge in [0.25, 0.3) is 0 Å². The molecule has 0 aliphatic rings. The molecule has 1 aromatic carbocycles. The Bertz CT molecular complexity index is 567. The molecule has 2 rings (SSSR count). The predicted octanol–water partition coefficient (Wildman–Crippen LogP) is 2.68. The lowest BCUT2D eigenvalue weighted by Gasteiger charge is -2.19. The van der Waals surface area contributed by atoms with E-state index in [4.69, 9.17) is 14.9 Å². The number of nitrogens with two attached hydrogens (primary N) is 1. The van der Waals surface area contributed by atoms with Crippen molar-refractivity contribution in [3.63, 3.8) is 0 Å². The lowest BCUT2D eigenvalue weighted by molar-refractivity contribution is -0.132. The van der Waals surface area contributed by atoms with Gasteiger partial charge in [0.1, 0.15) is 11.5 Å². The normalized spacial score (nSPS) is 10.3. The highest BCUT2D eigenvalue weighted by Gasteiger charge is 2.13. The molecule has 2 aromatic rings. The number of hydrogen-bond donors (Lipinski definition) is 1. The number of ether oxygens (including phenoxy) is 1. The fourth-order valence-electron chi connectivity index (χ4n) is 1.99. The number of furan rings is 1. The molecule has 1 amide bonds. The van der Waals surface area contributed by atoms with Gasteiger partial charge in [0.2, 0.25) is 5.91 Å². The van der Waals surface area contributed by atoms with Crippen LogP contribution in [0, 0.1) is 0 Å². The topological polar surface area (TPSA) is 68.7 Å². The number of carbonyl (C=O) groups excluding carboxylic acids is 1. The third-order valence-corrected chi connectivity index (χ3v) is 3.10. The predicted molar refractivity (Wildman–Crippen MR) is 80.8 cm³/mol. The number of hydrogen-bond acceptors (Lipinski definition) is 4. The summed E-state index contributed by atoms with van der Waals surface area (Å²) in [7, 11) is 0. The van der Waals surface area contributed by atoms with Crippen molar-refractivity contribution in [2.75, 3.05) is 18.9 Å². The van der Waals surface area contributed by atoms with Crippen LogP contribution in [0.5, 0.6) is 5.75 Å². The minimum atomic E-state index is 0.0396. The molecular formula is C16H20N2O3. The minimum Gasteiger partial charge on any atom is -0.493 e. The second-order valence-corrected chi connectivity index (χ2v) is 4.66. The van der Waals surface area contributed by atoms with Crippen LogP contribution in [-0.2, 0) is 11.3 Å². The number of nitrogen functional groups attached to an aromatic ring is 1. The molecule has 1 heterocycles. The van der Waals surface area contributed by atoms with Crippen molar-refractivity contribution in [2.45, 2.75) is 19.9 Å². The van der Waals surface area contributed by atoms with Crippen LogP contribution in [0.25, 0.3) is 0 Å². The summed E-state index contributed by atoms with van der Waals surface area (Å²) in [5.41, 5.74) is 6.32. The van der Waals surface area contributed by atoms with Gasteiger partial charge in [-0.25, -0.2) is 0 Å². The summed E-state index contributed by atoms with van der Waals surface area (Å²) in [6.07, 6.45) is 1.93. The van der Waals surface area contributed by atoms with E-state index < -0.39 is 0 Å². The number of benzene rings is 1. The summed E-state index contributed by atoms with van der Waals surface area (Å²) in [5, 5.41) is 0. The van der Waals surface area contributed by atoms with E-state index in [1.165, 1.54) is 0 Å². The molecule has 0 aliphatic carbocycles. The van der Waals surface area contributed by atoms with Gasteiger partial charge in [-0.1, -0.05) is 6.07 Å². The zero-order chi connectivity index (χ0) is 15.1. The van der Waals surface area contributed by atoms with Crippen LogP contribution in [0.2, 0.25) is 0 Å². The fraction of sp³-hybridized carbons (Fsp3) is 0.312. The highest BCUT2D eigenvalue weighted by molar-refractivity contribution is 5.76. The summed E-state index contributed by atoms with van der Waals surface area (Å²) in [6.45, 7) is 3.40. The van der Waals surface area contributed by atoms with Gasteiger partial charge in [-0.05, 0) is 31.2 Å². The maximum absolute atomic E-state index is 12.1. The molecular weight excluding hydrogens is 268 g/mol. The van der Waals surface area contributed by atoms with Gasteiger partial charge < -0.3 is 19.8 Å². The highest BCUT2D eigenvalue weighted by Crippen LogP contribution is 2.15. The van der Waals surface area contributed by atoms with Crippen LogP contribution in [0.15, 0.2) is 47.1 Å². The van der Waals surface area contributed by atoms with Crippen molar-refractivity contribution in [1.82, 2.24) is 4.90 Å². The Balaban J connectivity index is 1.80. The molecule has 5 nitrogen and oxygen atoms in total. The molecule has 0 bridgehead atoms. The summed E-state index contributed by atoms with van der Waals surface area (Å²) in [6, 6.07) is 10.9. The van der Waals surface area contributed by atoms with Crippen molar-refractivity contribution in [3.05, 3.63) is 48.4 Å². The molecule has 1 aromatic heterocycles. The van der Waals surface area contributed by atoms with E-state index >= 15 is 0 Å². The lowest BCUT2D eigenvalue weighted by Crippen LogP contribution is -2.31. The summed E-state index contributed by atoms with van der Waals surface area (Å²) in [5.74, 6) is 1.50. The molecule has 21 heavy (non-hydrogen) atoms. The number of nitrogens with zero attached hydrogens (tertiary/aromatic N) is 1. The van der Waals surface area contributed by atoms with E-state index in [9.17, 15) is 4.79 Å². The third-order valence-electron chi connectivity index (χ3n) is 3.10. The second kappa shape index (κ2) is 7.38. The fourth-order valence-corrected chi connectivity index (χ4v) is 1.99. The molecule has 0 saturated carbocycles. The molecule has 0 atom stereocenters. The van der Waals surface area contributed by atoms with E-state index in [0.29, 0.717) is 37.6 Å². The van der Waals surface area contributed by atoms with Crippen molar-refractivity contribution in [2.24, 2.45) is 0 Å². The first-order chi connectivity index (χ1) is 10.2. The van der Waals surface area contributed by atoms with Gasteiger partial charge in [-0.3, -0.25) is 4.79 Å². The zero-order valence-electron chi connectivity index (χ0n) is 12.1. The quantitative estimate of drug-likeness (QED) is 0.795. The third kappa shape index (κ3) is 4.56. The Labute approximate surface area is 124 Å². The number of amides is 1. The molecule has 2 N–H and O–H groups in total. The highest BCUT2D eigenvalue weighted by atomic mass is 16.5. The van der Waals surface area contributed by atoms with Crippen molar-refractivity contribution < 1.29 is 13.9 Å². The van der Waals surface area contributed by atoms with Gasteiger partial charge >= 0.3 is 0 Å². The largest absolute Gasteiger partial charge is 0.493 e. The molecule has 0 fully saturated rings. The van der Waals surface area contributed by atoms with Crippen LogP contribution in [0.3, 0.4) is 0 Å². The van der Waals surface area contributed by atoms with Gasteiger partial charge in [-0.2, -0.15) is 0 Å². The second-order valence-electron chi connectivity index (χ2n) is 4.66. The van der Waals surface area contributed by atoms with E-state index in [1.807, 2.05) is 31.2 Å². The Hall–Kier alpha value is -2.43. The molecule has 0 spiro atoms. The summed E-state index contributed by atoms with van der Waals surface area (Å²) in [4.78, 5) is 13.9. The van der Waals surface area contributed by atoms with E-state index in [2.05, 4.69) is 0 Å². The monoisotopic (exact) mass is 288 g/mol. The number of rotatable bonds is 7. The van der Waals surface area contributed by atoms with Gasteiger partial charge in [-0.15, -0.1) is 0 Å². The lowest BCUT2D eigenvalue weighted by atomic mass is 10.3. The first kappa shape index (κ1) is 15.0. The van der Waals surface area contributed by atoms with Crippen LogP contribution in [0.1, 0.15) is 19.1 Å². The number of anilines is 1. The Morgan fingerprint density at radius 1 is 1.33 bits per heavy atom. The van der Waals surface area contributed by atoms with Crippen molar-refractivity contribution >= 4 is 11.6 Å². The number of carbonyl (C=O) groups is 1. The summed E-state index contributed by atoms with van der Waals surface area (Å²) >= 11 is 0. The summed E-state index contributed by atoms with van der Waals surface area (Å²) < 4.78 is 10.8. The van der Waals surface area contributed by atoms with Gasteiger partial charge in [0, 0.05) is 18.3 Å². The maximum Gasteiger partial charge on any atom is 0.226 e. The van der Waals surface area contributed by atoms with Crippen LogP contribution < -0.4 is 10.5 Å². The average molecular weight is 288 g/mol. The van der Waals surface area contributed by atoms with E-state index in [1.54, 1.807) is 23.3 Å². The Morgan fingerprint density at radius 3 is 2.86 bits per heavy atom. The maximum atomic E-state index is 12.1. The first-order valence-corrected chi connectivity index (χ1v) is 6.97. The Kier molecular flexibility index (Phi) is 5.26. The molecule has 0 saturated heterocycles. The van der Waals surface area contributed by atoms with Crippen LogP contribution >= 0.6 is 0 Å². The van der Waals surface area contributed by atoms with Crippen molar-refractivity contribution in [1.29, 1.82) is 0 Å². The van der Waals surface area contributed by atoms with Crippen LogP contribution in [0.4, 0.5) is 5.69 Å². The van der Waals surface area contributed by atoms with E-state index in [0.717, 1.165) is 5.76 Å². The molecule has 5 heteroatoms. The van der Waals surface area contributed by atoms with E-state index in [-0.39, 0.29) is 5.91 Å². The SMILES string of the molecule is CCN(Cc1ccco1)C(=O)CCOc1cccc(N)c1. The van der Waals surface area contributed by atoms with Crippen LogP contribution in [-0.4, -0.2) is 24.0 Å². The average Bonchev–Trinajstić information content (AvgIpc) is 2.97. The minimum absolute atomic E-state index is 0.0396. The molecule has 0 radical (unpaired) electrons.